The highest BCUT2D eigenvalue weighted by Crippen LogP contribution is 2.29. The third-order valence-corrected chi connectivity index (χ3v) is 6.72. The van der Waals surface area contributed by atoms with Crippen molar-refractivity contribution < 1.29 is 28.7 Å². The minimum atomic E-state index is -1.04. The molecule has 0 bridgehead atoms. The summed E-state index contributed by atoms with van der Waals surface area (Å²) in [5, 5.41) is 2.18. The van der Waals surface area contributed by atoms with Gasteiger partial charge in [0.05, 0.1) is 17.7 Å². The Balaban J connectivity index is 1.28. The molecule has 9 nitrogen and oxygen atoms in total. The lowest BCUT2D eigenvalue weighted by Crippen LogP contribution is -2.54. The van der Waals surface area contributed by atoms with Crippen LogP contribution in [0.5, 0.6) is 5.75 Å². The minimum absolute atomic E-state index is 0.0532. The number of nitrogens with zero attached hydrogens (tertiary/aromatic N) is 2. The van der Waals surface area contributed by atoms with E-state index >= 15 is 0 Å². The van der Waals surface area contributed by atoms with Crippen molar-refractivity contribution in [1.82, 2.24) is 15.1 Å². The first-order chi connectivity index (χ1) is 16.9. The van der Waals surface area contributed by atoms with Gasteiger partial charge in [-0.3, -0.25) is 34.2 Å². The molecule has 9 heteroatoms. The van der Waals surface area contributed by atoms with E-state index in [0.717, 1.165) is 23.5 Å². The van der Waals surface area contributed by atoms with E-state index in [1.54, 1.807) is 11.0 Å². The molecule has 35 heavy (non-hydrogen) atoms. The van der Waals surface area contributed by atoms with Crippen molar-refractivity contribution in [2.45, 2.75) is 31.7 Å². The number of rotatable bonds is 5. The Morgan fingerprint density at radius 3 is 2.51 bits per heavy atom. The Labute approximate surface area is 202 Å². The predicted octanol–water partition coefficient (Wildman–Crippen LogP) is 2.02. The van der Waals surface area contributed by atoms with E-state index in [1.165, 1.54) is 12.1 Å². The van der Waals surface area contributed by atoms with E-state index < -0.39 is 29.7 Å². The molecule has 0 aromatic heterocycles. The average molecular weight is 476 g/mol. The molecule has 0 saturated carbocycles. The molecule has 3 aliphatic rings. The van der Waals surface area contributed by atoms with Crippen molar-refractivity contribution in [3.8, 4) is 5.75 Å². The number of fused-ring (bicyclic) bond motifs is 1. The van der Waals surface area contributed by atoms with Gasteiger partial charge in [0.15, 0.2) is 0 Å². The van der Waals surface area contributed by atoms with Crippen molar-refractivity contribution >= 4 is 29.5 Å². The molecule has 3 aliphatic heterocycles. The maximum absolute atomic E-state index is 13.3. The minimum Gasteiger partial charge on any atom is -0.493 e. The fourth-order valence-electron chi connectivity index (χ4n) is 4.90. The van der Waals surface area contributed by atoms with Gasteiger partial charge in [0, 0.05) is 31.0 Å². The van der Waals surface area contributed by atoms with Gasteiger partial charge in [0.1, 0.15) is 11.8 Å². The van der Waals surface area contributed by atoms with Crippen LogP contribution < -0.4 is 10.1 Å². The zero-order valence-corrected chi connectivity index (χ0v) is 19.1. The van der Waals surface area contributed by atoms with Crippen LogP contribution in [0.2, 0.25) is 0 Å². The monoisotopic (exact) mass is 475 g/mol. The van der Waals surface area contributed by atoms with Crippen LogP contribution in [0.4, 0.5) is 0 Å². The Morgan fingerprint density at radius 1 is 0.971 bits per heavy atom. The van der Waals surface area contributed by atoms with Gasteiger partial charge >= 0.3 is 0 Å². The van der Waals surface area contributed by atoms with Crippen LogP contribution in [-0.2, 0) is 9.59 Å². The number of benzene rings is 2. The number of amides is 5. The zero-order chi connectivity index (χ0) is 24.5. The molecule has 2 atom stereocenters. The van der Waals surface area contributed by atoms with E-state index in [9.17, 15) is 24.0 Å². The van der Waals surface area contributed by atoms with Crippen molar-refractivity contribution in [3.63, 3.8) is 0 Å². The van der Waals surface area contributed by atoms with Crippen LogP contribution in [0.1, 0.15) is 56.8 Å². The molecular weight excluding hydrogens is 450 g/mol. The predicted molar refractivity (Wildman–Crippen MR) is 124 cm³/mol. The number of carbonyl (C=O) groups excluding carboxylic acids is 5. The smallest absolute Gasteiger partial charge is 0.262 e. The third kappa shape index (κ3) is 4.41. The van der Waals surface area contributed by atoms with E-state index in [0.29, 0.717) is 25.3 Å². The number of hydrogen-bond donors (Lipinski definition) is 1. The Hall–Kier alpha value is -4.01. The molecule has 180 valence electrons. The quantitative estimate of drug-likeness (QED) is 0.662. The van der Waals surface area contributed by atoms with Crippen molar-refractivity contribution in [1.29, 1.82) is 0 Å². The number of piperidine rings is 2. The maximum atomic E-state index is 13.3. The van der Waals surface area contributed by atoms with Gasteiger partial charge in [-0.25, -0.2) is 0 Å². The molecule has 0 aliphatic carbocycles. The summed E-state index contributed by atoms with van der Waals surface area (Å²) in [6.07, 6.45) is 1.94. The zero-order valence-electron chi connectivity index (χ0n) is 19.1. The SMILES string of the molecule is O=C1CCC(N2C(=O)c3ccc(C(=O)N4CCCC(COc5ccccc5)C4)cc3C2=O)C(=O)N1. The Morgan fingerprint density at radius 2 is 1.74 bits per heavy atom. The van der Waals surface area contributed by atoms with E-state index in [4.69, 9.17) is 4.74 Å². The number of para-hydroxylation sites is 1. The molecule has 2 saturated heterocycles. The number of nitrogens with one attached hydrogen (secondary N) is 1. The van der Waals surface area contributed by atoms with Gasteiger partial charge in [0.25, 0.3) is 17.7 Å². The molecule has 5 amide bonds. The molecule has 0 radical (unpaired) electrons. The van der Waals surface area contributed by atoms with Crippen LogP contribution in [0.15, 0.2) is 48.5 Å². The normalized spacial score (nSPS) is 22.2. The van der Waals surface area contributed by atoms with Crippen molar-refractivity contribution in [2.75, 3.05) is 19.7 Å². The van der Waals surface area contributed by atoms with E-state index in [1.807, 2.05) is 30.3 Å². The van der Waals surface area contributed by atoms with Crippen LogP contribution in [-0.4, -0.2) is 65.1 Å². The van der Waals surface area contributed by atoms with Gasteiger partial charge in [-0.15, -0.1) is 0 Å². The number of hydrogen-bond acceptors (Lipinski definition) is 6. The lowest BCUT2D eigenvalue weighted by Gasteiger charge is -2.32. The van der Waals surface area contributed by atoms with E-state index in [-0.39, 0.29) is 35.8 Å². The first kappa shape index (κ1) is 22.8. The number of likely N-dealkylation sites (tertiary alicyclic amines) is 1. The van der Waals surface area contributed by atoms with Gasteiger partial charge < -0.3 is 9.64 Å². The summed E-state index contributed by atoms with van der Waals surface area (Å²) in [5.74, 6) is -1.53. The summed E-state index contributed by atoms with van der Waals surface area (Å²) in [5.41, 5.74) is 0.579. The van der Waals surface area contributed by atoms with Crippen molar-refractivity contribution in [3.05, 3.63) is 65.2 Å². The van der Waals surface area contributed by atoms with Crippen molar-refractivity contribution in [2.24, 2.45) is 5.92 Å². The molecule has 2 aromatic rings. The number of carbonyl (C=O) groups is 5. The molecule has 2 aromatic carbocycles. The molecular formula is C26H25N3O6. The number of ether oxygens (including phenoxy) is 1. The van der Waals surface area contributed by atoms with Crippen LogP contribution in [0.3, 0.4) is 0 Å². The third-order valence-electron chi connectivity index (χ3n) is 6.72. The van der Waals surface area contributed by atoms with Gasteiger partial charge in [-0.2, -0.15) is 0 Å². The second kappa shape index (κ2) is 9.32. The topological polar surface area (TPSA) is 113 Å². The summed E-state index contributed by atoms with van der Waals surface area (Å²) in [7, 11) is 0. The first-order valence-corrected chi connectivity index (χ1v) is 11.7. The summed E-state index contributed by atoms with van der Waals surface area (Å²) in [6, 6.07) is 13.0. The summed E-state index contributed by atoms with van der Waals surface area (Å²) < 4.78 is 5.87. The summed E-state index contributed by atoms with van der Waals surface area (Å²) >= 11 is 0. The summed E-state index contributed by atoms with van der Waals surface area (Å²) in [4.78, 5) is 65.5. The molecule has 3 heterocycles. The second-order valence-electron chi connectivity index (χ2n) is 9.09. The number of imide groups is 2. The van der Waals surface area contributed by atoms with Gasteiger partial charge in [0.2, 0.25) is 11.8 Å². The first-order valence-electron chi connectivity index (χ1n) is 11.7. The highest BCUT2D eigenvalue weighted by Gasteiger charge is 2.45. The van der Waals surface area contributed by atoms with Gasteiger partial charge in [-0.05, 0) is 49.6 Å². The lowest BCUT2D eigenvalue weighted by molar-refractivity contribution is -0.136. The average Bonchev–Trinajstić information content (AvgIpc) is 3.12. The maximum Gasteiger partial charge on any atom is 0.262 e. The van der Waals surface area contributed by atoms with Crippen LogP contribution >= 0.6 is 0 Å². The van der Waals surface area contributed by atoms with Crippen LogP contribution in [0, 0.1) is 5.92 Å². The van der Waals surface area contributed by atoms with Gasteiger partial charge in [-0.1, -0.05) is 18.2 Å². The molecule has 1 N–H and O–H groups in total. The second-order valence-corrected chi connectivity index (χ2v) is 9.09. The molecule has 2 unspecified atom stereocenters. The van der Waals surface area contributed by atoms with E-state index in [2.05, 4.69) is 5.32 Å². The summed E-state index contributed by atoms with van der Waals surface area (Å²) in [6.45, 7) is 1.65. The lowest BCUT2D eigenvalue weighted by atomic mass is 9.97. The molecule has 5 rings (SSSR count). The fourth-order valence-corrected chi connectivity index (χ4v) is 4.90. The fraction of sp³-hybridized carbons (Fsp3) is 0.346. The highest BCUT2D eigenvalue weighted by atomic mass is 16.5. The Kier molecular flexibility index (Phi) is 6.07. The molecule has 0 spiro atoms. The van der Waals surface area contributed by atoms with Crippen LogP contribution in [0.25, 0.3) is 0 Å². The highest BCUT2D eigenvalue weighted by molar-refractivity contribution is 6.24. The standard InChI is InChI=1S/C26H25N3O6/c30-22-11-10-21(23(31)27-22)29-25(33)19-9-8-17(13-20(19)26(29)34)24(32)28-12-4-5-16(14-28)15-35-18-6-2-1-3-7-18/h1-3,6-9,13,16,21H,4-5,10-12,14-15H2,(H,27,30,31). The largest absolute Gasteiger partial charge is 0.493 e. The Bertz CT molecular complexity index is 1210. The molecule has 2 fully saturated rings.